The van der Waals surface area contributed by atoms with Crippen LogP contribution in [0.4, 0.5) is 11.6 Å². The molecule has 0 spiro atoms. The monoisotopic (exact) mass is 666 g/mol. The SMILES string of the molecule is C/C=C\C=C/C1=CC2=C(C=CCC2)N(c2c(/C(N=C(c3ccccc3)C3C=CC=CC3)=N/CN)ccc3c2C=CCC3)c2nc3ccccc3n21. The Hall–Kier alpha value is -5.85. The standard InChI is InChI=1S/C45H42N6/c1-2-3-6-23-36-30-35-22-12-15-26-40(35)51(45-48-39-25-14-16-27-41(39)50(36)45)43-37-24-13-11-17-32(37)28-29-38(43)44(47-31-46)49-42(33-18-7-4-8-19-33)34-20-9-5-10-21-34/h2-10,13-16,18-20,23-30,34H,11-12,17,21-22,31,46H2,1H3/b3-2-,23-6-,47-44-,49-42?. The van der Waals surface area contributed by atoms with Crippen molar-refractivity contribution < 1.29 is 0 Å². The Balaban J connectivity index is 1.42. The fourth-order valence-electron chi connectivity index (χ4n) is 7.46. The molecule has 4 aliphatic rings. The Morgan fingerprint density at radius 2 is 1.76 bits per heavy atom. The maximum Gasteiger partial charge on any atom is 0.220 e. The predicted molar refractivity (Wildman–Crippen MR) is 214 cm³/mol. The number of anilines is 2. The van der Waals surface area contributed by atoms with Crippen molar-refractivity contribution in [3.8, 4) is 0 Å². The van der Waals surface area contributed by atoms with Gasteiger partial charge in [0.25, 0.3) is 0 Å². The van der Waals surface area contributed by atoms with Gasteiger partial charge in [-0.05, 0) is 92.2 Å². The number of rotatable bonds is 7. The summed E-state index contributed by atoms with van der Waals surface area (Å²) in [5.41, 5.74) is 18.2. The molecule has 8 rings (SSSR count). The molecule has 51 heavy (non-hydrogen) atoms. The summed E-state index contributed by atoms with van der Waals surface area (Å²) in [5, 5.41) is 0. The third-order valence-corrected chi connectivity index (χ3v) is 9.83. The van der Waals surface area contributed by atoms with Crippen LogP contribution in [0.3, 0.4) is 0 Å². The number of amidine groups is 1. The smallest absolute Gasteiger partial charge is 0.220 e. The number of aryl methyl sites for hydroxylation is 1. The van der Waals surface area contributed by atoms with Crippen LogP contribution < -0.4 is 10.6 Å². The van der Waals surface area contributed by atoms with Crippen molar-refractivity contribution in [3.63, 3.8) is 0 Å². The molecule has 0 amide bonds. The Morgan fingerprint density at radius 1 is 0.922 bits per heavy atom. The molecule has 1 unspecified atom stereocenters. The molecule has 1 aromatic heterocycles. The fraction of sp³-hybridized carbons (Fsp3) is 0.178. The minimum absolute atomic E-state index is 0.107. The van der Waals surface area contributed by atoms with Crippen LogP contribution in [-0.4, -0.2) is 27.8 Å². The molecule has 3 aromatic carbocycles. The summed E-state index contributed by atoms with van der Waals surface area (Å²) in [5.74, 6) is 1.55. The van der Waals surface area contributed by atoms with Gasteiger partial charge in [-0.15, -0.1) is 0 Å². The molecular weight excluding hydrogens is 625 g/mol. The van der Waals surface area contributed by atoms with E-state index in [0.717, 1.165) is 88.6 Å². The Bertz CT molecular complexity index is 2280. The second-order valence-corrected chi connectivity index (χ2v) is 13.0. The lowest BCUT2D eigenvalue weighted by atomic mass is 9.90. The molecule has 252 valence electrons. The Kier molecular flexibility index (Phi) is 9.24. The Morgan fingerprint density at radius 3 is 2.61 bits per heavy atom. The van der Waals surface area contributed by atoms with Gasteiger partial charge >= 0.3 is 0 Å². The van der Waals surface area contributed by atoms with E-state index in [1.54, 1.807) is 0 Å². The molecule has 3 aliphatic carbocycles. The van der Waals surface area contributed by atoms with Gasteiger partial charge < -0.3 is 5.73 Å². The first-order valence-electron chi connectivity index (χ1n) is 18.0. The molecule has 0 bridgehead atoms. The number of nitrogens with zero attached hydrogens (tertiary/aromatic N) is 5. The molecule has 4 aromatic rings. The van der Waals surface area contributed by atoms with E-state index in [2.05, 4.69) is 149 Å². The van der Waals surface area contributed by atoms with E-state index in [1.807, 2.05) is 13.0 Å². The first kappa shape index (κ1) is 32.4. The summed E-state index contributed by atoms with van der Waals surface area (Å²) in [4.78, 5) is 18.2. The maximum atomic E-state index is 6.29. The summed E-state index contributed by atoms with van der Waals surface area (Å²) in [6.07, 6.45) is 33.3. The number of aromatic nitrogens is 2. The number of fused-ring (bicyclic) bond motifs is 4. The zero-order chi connectivity index (χ0) is 34.6. The quantitative estimate of drug-likeness (QED) is 0.121. The van der Waals surface area contributed by atoms with Crippen molar-refractivity contribution in [1.82, 2.24) is 9.55 Å². The summed E-state index contributed by atoms with van der Waals surface area (Å²) in [6, 6.07) is 23.3. The highest BCUT2D eigenvalue weighted by Crippen LogP contribution is 2.45. The molecule has 6 nitrogen and oxygen atoms in total. The van der Waals surface area contributed by atoms with Crippen molar-refractivity contribution in [3.05, 3.63) is 173 Å². The third-order valence-electron chi connectivity index (χ3n) is 9.83. The number of benzene rings is 3. The van der Waals surface area contributed by atoms with Crippen LogP contribution in [-0.2, 0) is 6.42 Å². The van der Waals surface area contributed by atoms with Crippen LogP contribution in [0.1, 0.15) is 54.9 Å². The second-order valence-electron chi connectivity index (χ2n) is 13.0. The molecule has 0 saturated heterocycles. The average molecular weight is 667 g/mol. The van der Waals surface area contributed by atoms with Gasteiger partial charge in [0.15, 0.2) is 5.84 Å². The Labute approximate surface area is 300 Å². The van der Waals surface area contributed by atoms with Gasteiger partial charge in [-0.3, -0.25) is 14.5 Å². The molecule has 1 atom stereocenters. The molecule has 0 fully saturated rings. The summed E-state index contributed by atoms with van der Waals surface area (Å²) in [7, 11) is 0. The van der Waals surface area contributed by atoms with Crippen molar-refractivity contribution in [1.29, 1.82) is 0 Å². The van der Waals surface area contributed by atoms with E-state index in [1.165, 1.54) is 11.1 Å². The van der Waals surface area contributed by atoms with Crippen LogP contribution in [0.2, 0.25) is 0 Å². The van der Waals surface area contributed by atoms with E-state index in [0.29, 0.717) is 5.84 Å². The molecule has 6 heteroatoms. The number of allylic oxidation sites excluding steroid dienone is 14. The molecular formula is C45H42N6. The fourth-order valence-corrected chi connectivity index (χ4v) is 7.46. The number of hydrogen-bond acceptors (Lipinski definition) is 4. The first-order chi connectivity index (χ1) is 25.2. The number of nitrogens with two attached hydrogens (primary N) is 1. The number of aliphatic imine (C=N–C) groups is 2. The summed E-state index contributed by atoms with van der Waals surface area (Å²) in [6.45, 7) is 2.15. The van der Waals surface area contributed by atoms with Crippen LogP contribution in [0, 0.1) is 5.92 Å². The highest BCUT2D eigenvalue weighted by Gasteiger charge is 2.33. The highest BCUT2D eigenvalue weighted by molar-refractivity contribution is 6.16. The first-order valence-corrected chi connectivity index (χ1v) is 18.0. The lowest BCUT2D eigenvalue weighted by Crippen LogP contribution is -2.25. The normalized spacial score (nSPS) is 18.8. The highest BCUT2D eigenvalue weighted by atomic mass is 15.3. The minimum Gasteiger partial charge on any atom is -0.312 e. The van der Waals surface area contributed by atoms with E-state index in [-0.39, 0.29) is 12.6 Å². The van der Waals surface area contributed by atoms with Gasteiger partial charge in [0.1, 0.15) is 0 Å². The lowest BCUT2D eigenvalue weighted by Gasteiger charge is -2.32. The second kappa shape index (κ2) is 14.6. The lowest BCUT2D eigenvalue weighted by molar-refractivity contribution is 0.869. The summed E-state index contributed by atoms with van der Waals surface area (Å²) >= 11 is 0. The van der Waals surface area contributed by atoms with Crippen LogP contribution in [0.5, 0.6) is 0 Å². The predicted octanol–water partition coefficient (Wildman–Crippen LogP) is 10.0. The number of para-hydroxylation sites is 2. The van der Waals surface area contributed by atoms with Gasteiger partial charge in [0, 0.05) is 22.7 Å². The molecule has 2 heterocycles. The zero-order valence-corrected chi connectivity index (χ0v) is 29.0. The maximum absolute atomic E-state index is 6.29. The minimum atomic E-state index is 0.107. The third kappa shape index (κ3) is 6.24. The van der Waals surface area contributed by atoms with E-state index in [4.69, 9.17) is 20.7 Å². The number of hydrogen-bond donors (Lipinski definition) is 1. The van der Waals surface area contributed by atoms with Gasteiger partial charge in [-0.1, -0.05) is 109 Å². The van der Waals surface area contributed by atoms with Crippen LogP contribution in [0.15, 0.2) is 161 Å². The zero-order valence-electron chi connectivity index (χ0n) is 29.0. The molecule has 1 aliphatic heterocycles. The van der Waals surface area contributed by atoms with E-state index >= 15 is 0 Å². The van der Waals surface area contributed by atoms with E-state index in [9.17, 15) is 0 Å². The molecule has 0 radical (unpaired) electrons. The van der Waals surface area contributed by atoms with Crippen molar-refractivity contribution in [2.24, 2.45) is 21.6 Å². The summed E-state index contributed by atoms with van der Waals surface area (Å²) < 4.78 is 2.30. The van der Waals surface area contributed by atoms with Crippen molar-refractivity contribution in [2.75, 3.05) is 11.6 Å². The van der Waals surface area contributed by atoms with Crippen LogP contribution in [0.25, 0.3) is 22.8 Å². The van der Waals surface area contributed by atoms with Gasteiger partial charge in [-0.2, -0.15) is 0 Å². The van der Waals surface area contributed by atoms with Crippen molar-refractivity contribution >= 4 is 46.0 Å². The van der Waals surface area contributed by atoms with Gasteiger partial charge in [-0.25, -0.2) is 9.98 Å². The van der Waals surface area contributed by atoms with Gasteiger partial charge in [0.05, 0.1) is 34.8 Å². The van der Waals surface area contributed by atoms with Gasteiger partial charge in [0.2, 0.25) is 5.95 Å². The van der Waals surface area contributed by atoms with E-state index < -0.39 is 0 Å². The number of imidazole rings is 1. The van der Waals surface area contributed by atoms with Crippen molar-refractivity contribution in [2.45, 2.75) is 39.0 Å². The largest absolute Gasteiger partial charge is 0.312 e. The average Bonchev–Trinajstić information content (AvgIpc) is 3.50. The topological polar surface area (TPSA) is 71.8 Å². The molecule has 2 N–H and O–H groups in total. The van der Waals surface area contributed by atoms with Crippen LogP contribution >= 0.6 is 0 Å². The molecule has 0 saturated carbocycles.